The Kier molecular flexibility index (Phi) is 6.23. The van der Waals surface area contributed by atoms with Gasteiger partial charge >= 0.3 is 5.97 Å². The summed E-state index contributed by atoms with van der Waals surface area (Å²) >= 11 is 0. The van der Waals surface area contributed by atoms with E-state index < -0.39 is 35.2 Å². The van der Waals surface area contributed by atoms with Crippen LogP contribution in [0.15, 0.2) is 18.2 Å². The van der Waals surface area contributed by atoms with Crippen molar-refractivity contribution in [2.45, 2.75) is 26.3 Å². The van der Waals surface area contributed by atoms with E-state index in [1.54, 1.807) is 13.8 Å². The lowest BCUT2D eigenvalue weighted by Gasteiger charge is -2.25. The van der Waals surface area contributed by atoms with Gasteiger partial charge in [0.2, 0.25) is 5.91 Å². The quantitative estimate of drug-likeness (QED) is 0.809. The number of likely N-dealkylation sites (N-methyl/N-ethyl adjacent to an activating group) is 1. The molecule has 0 aliphatic rings. The molecule has 1 atom stereocenters. The van der Waals surface area contributed by atoms with E-state index >= 15 is 0 Å². The lowest BCUT2D eigenvalue weighted by Crippen LogP contribution is -2.44. The number of anilines is 1. The maximum absolute atomic E-state index is 13.4. The summed E-state index contributed by atoms with van der Waals surface area (Å²) in [5, 5.41) is 11.2. The smallest absolute Gasteiger partial charge is 0.320 e. The normalized spacial score (nSPS) is 12.2. The van der Waals surface area contributed by atoms with E-state index in [0.717, 1.165) is 12.1 Å². The van der Waals surface area contributed by atoms with Gasteiger partial charge in [-0.2, -0.15) is 0 Å². The number of hydrogen-bond acceptors (Lipinski definition) is 3. The Morgan fingerprint density at radius 2 is 1.86 bits per heavy atom. The van der Waals surface area contributed by atoms with Crippen LogP contribution >= 0.6 is 0 Å². The van der Waals surface area contributed by atoms with Crippen molar-refractivity contribution in [3.63, 3.8) is 0 Å². The number of rotatable bonds is 7. The van der Waals surface area contributed by atoms with Crippen molar-refractivity contribution in [1.29, 1.82) is 0 Å². The zero-order valence-electron chi connectivity index (χ0n) is 11.9. The molecule has 1 amide bonds. The number of nitrogens with zero attached hydrogens (tertiary/aromatic N) is 1. The van der Waals surface area contributed by atoms with Gasteiger partial charge in [-0.1, -0.05) is 19.9 Å². The van der Waals surface area contributed by atoms with Crippen LogP contribution in [0.3, 0.4) is 0 Å². The number of carbonyl (C=O) groups excluding carboxylic acids is 1. The molecule has 0 saturated carbocycles. The minimum absolute atomic E-state index is 0.255. The maximum atomic E-state index is 13.4. The molecule has 0 bridgehead atoms. The number of benzene rings is 1. The molecule has 0 fully saturated rings. The van der Waals surface area contributed by atoms with Crippen LogP contribution in [0, 0.1) is 11.6 Å². The van der Waals surface area contributed by atoms with Gasteiger partial charge in [-0.3, -0.25) is 14.5 Å². The standard InChI is InChI=1S/C14H18F2N2O3/c1-3-11(14(20)21)18(4-2)8-12(19)17-13-9(15)6-5-7-10(13)16/h5-7,11H,3-4,8H2,1-2H3,(H,17,19)(H,20,21)/t11-/m0/s1. The van der Waals surface area contributed by atoms with Crippen molar-refractivity contribution in [2.75, 3.05) is 18.4 Å². The Morgan fingerprint density at radius 3 is 2.29 bits per heavy atom. The molecular formula is C14H18F2N2O3. The van der Waals surface area contributed by atoms with Crippen LogP contribution in [-0.2, 0) is 9.59 Å². The monoisotopic (exact) mass is 300 g/mol. The number of para-hydroxylation sites is 1. The zero-order chi connectivity index (χ0) is 16.0. The van der Waals surface area contributed by atoms with Crippen molar-refractivity contribution in [3.8, 4) is 0 Å². The van der Waals surface area contributed by atoms with Crippen LogP contribution in [0.4, 0.5) is 14.5 Å². The van der Waals surface area contributed by atoms with Crippen LogP contribution in [0.25, 0.3) is 0 Å². The van der Waals surface area contributed by atoms with E-state index in [9.17, 15) is 18.4 Å². The van der Waals surface area contributed by atoms with E-state index in [-0.39, 0.29) is 6.54 Å². The number of carboxylic acid groups (broad SMARTS) is 1. The summed E-state index contributed by atoms with van der Waals surface area (Å²) in [6.45, 7) is 3.48. The molecule has 21 heavy (non-hydrogen) atoms. The first kappa shape index (κ1) is 17.0. The second-order valence-electron chi connectivity index (χ2n) is 4.47. The van der Waals surface area contributed by atoms with Gasteiger partial charge in [0.15, 0.2) is 0 Å². The van der Waals surface area contributed by atoms with E-state index in [4.69, 9.17) is 5.11 Å². The average Bonchev–Trinajstić information content (AvgIpc) is 2.42. The second-order valence-corrected chi connectivity index (χ2v) is 4.47. The summed E-state index contributed by atoms with van der Waals surface area (Å²) in [7, 11) is 0. The van der Waals surface area contributed by atoms with Crippen molar-refractivity contribution in [3.05, 3.63) is 29.8 Å². The average molecular weight is 300 g/mol. The molecule has 0 heterocycles. The van der Waals surface area contributed by atoms with Gasteiger partial charge in [0.05, 0.1) is 6.54 Å². The molecule has 116 valence electrons. The molecule has 5 nitrogen and oxygen atoms in total. The fourth-order valence-electron chi connectivity index (χ4n) is 2.01. The molecule has 0 spiro atoms. The summed E-state index contributed by atoms with van der Waals surface area (Å²) in [6, 6.07) is 2.44. The third kappa shape index (κ3) is 4.49. The minimum Gasteiger partial charge on any atom is -0.480 e. The summed E-state index contributed by atoms with van der Waals surface area (Å²) in [4.78, 5) is 24.4. The molecule has 7 heteroatoms. The third-order valence-corrected chi connectivity index (χ3v) is 3.09. The van der Waals surface area contributed by atoms with Crippen LogP contribution < -0.4 is 5.32 Å². The number of halogens is 2. The summed E-state index contributed by atoms with van der Waals surface area (Å²) in [5.74, 6) is -3.46. The number of nitrogens with one attached hydrogen (secondary N) is 1. The molecule has 2 N–H and O–H groups in total. The Labute approximate surface area is 121 Å². The number of carbonyl (C=O) groups is 2. The molecule has 0 radical (unpaired) electrons. The van der Waals surface area contributed by atoms with Crippen LogP contribution in [0.5, 0.6) is 0 Å². The highest BCUT2D eigenvalue weighted by atomic mass is 19.1. The largest absolute Gasteiger partial charge is 0.480 e. The number of amides is 1. The first-order valence-electron chi connectivity index (χ1n) is 6.61. The second kappa shape index (κ2) is 7.68. The van der Waals surface area contributed by atoms with Crippen LogP contribution in [-0.4, -0.2) is 41.0 Å². The molecular weight excluding hydrogens is 282 g/mol. The zero-order valence-corrected chi connectivity index (χ0v) is 11.9. The molecule has 0 aliphatic heterocycles. The molecule has 0 aliphatic carbocycles. The number of hydrogen-bond donors (Lipinski definition) is 2. The summed E-state index contributed by atoms with van der Waals surface area (Å²) < 4.78 is 26.8. The molecule has 0 unspecified atom stereocenters. The van der Waals surface area contributed by atoms with Gasteiger partial charge in [0.1, 0.15) is 23.4 Å². The van der Waals surface area contributed by atoms with Crippen LogP contribution in [0.2, 0.25) is 0 Å². The fourth-order valence-corrected chi connectivity index (χ4v) is 2.01. The molecule has 0 saturated heterocycles. The Balaban J connectivity index is 2.78. The van der Waals surface area contributed by atoms with Gasteiger partial charge < -0.3 is 10.4 Å². The number of aliphatic carboxylic acids is 1. The molecule has 0 aromatic heterocycles. The van der Waals surface area contributed by atoms with Gasteiger partial charge in [0.25, 0.3) is 0 Å². The minimum atomic E-state index is -1.04. The first-order valence-corrected chi connectivity index (χ1v) is 6.61. The van der Waals surface area contributed by atoms with Gasteiger partial charge in [0, 0.05) is 0 Å². The van der Waals surface area contributed by atoms with Crippen molar-refractivity contribution in [1.82, 2.24) is 4.90 Å². The van der Waals surface area contributed by atoms with E-state index in [1.165, 1.54) is 11.0 Å². The molecule has 1 aromatic rings. The number of carboxylic acids is 1. The highest BCUT2D eigenvalue weighted by Crippen LogP contribution is 2.18. The van der Waals surface area contributed by atoms with Gasteiger partial charge in [-0.05, 0) is 25.1 Å². The van der Waals surface area contributed by atoms with E-state index in [0.29, 0.717) is 13.0 Å². The summed E-state index contributed by atoms with van der Waals surface area (Å²) in [5.41, 5.74) is -0.526. The maximum Gasteiger partial charge on any atom is 0.320 e. The first-order chi connectivity index (χ1) is 9.90. The molecule has 1 aromatic carbocycles. The van der Waals surface area contributed by atoms with Crippen LogP contribution in [0.1, 0.15) is 20.3 Å². The topological polar surface area (TPSA) is 69.6 Å². The van der Waals surface area contributed by atoms with Crippen molar-refractivity contribution in [2.24, 2.45) is 0 Å². The van der Waals surface area contributed by atoms with E-state index in [1.807, 2.05) is 0 Å². The predicted molar refractivity (Wildman–Crippen MR) is 73.9 cm³/mol. The highest BCUT2D eigenvalue weighted by molar-refractivity contribution is 5.92. The fraction of sp³-hybridized carbons (Fsp3) is 0.429. The summed E-state index contributed by atoms with van der Waals surface area (Å²) in [6.07, 6.45) is 0.324. The Morgan fingerprint density at radius 1 is 1.29 bits per heavy atom. The third-order valence-electron chi connectivity index (χ3n) is 3.09. The lowest BCUT2D eigenvalue weighted by atomic mass is 10.2. The van der Waals surface area contributed by atoms with Gasteiger partial charge in [-0.25, -0.2) is 8.78 Å². The lowest BCUT2D eigenvalue weighted by molar-refractivity contribution is -0.143. The van der Waals surface area contributed by atoms with Crippen molar-refractivity contribution < 1.29 is 23.5 Å². The van der Waals surface area contributed by atoms with E-state index in [2.05, 4.69) is 5.32 Å². The predicted octanol–water partition coefficient (Wildman–Crippen LogP) is 2.09. The van der Waals surface area contributed by atoms with Crippen molar-refractivity contribution >= 4 is 17.6 Å². The molecule has 1 rings (SSSR count). The SMILES string of the molecule is CC[C@@H](C(=O)O)N(CC)CC(=O)Nc1c(F)cccc1F. The highest BCUT2D eigenvalue weighted by Gasteiger charge is 2.24. The Hall–Kier alpha value is -2.02. The Bertz CT molecular complexity index is 503. The van der Waals surface area contributed by atoms with Gasteiger partial charge in [-0.15, -0.1) is 0 Å².